The van der Waals surface area contributed by atoms with E-state index in [1.165, 1.54) is 0 Å². The summed E-state index contributed by atoms with van der Waals surface area (Å²) in [6, 6.07) is 0. The molecule has 2 heteroatoms. The molecule has 2 aliphatic rings. The second-order valence-electron chi connectivity index (χ2n) is 3.94. The third-order valence-electron chi connectivity index (χ3n) is 3.17. The number of likely N-dealkylation sites (tertiary alicyclic amines) is 1. The minimum atomic E-state index is -0.176. The summed E-state index contributed by atoms with van der Waals surface area (Å²) in [5, 5.41) is 0. The molecule has 0 radical (unpaired) electrons. The lowest BCUT2D eigenvalue weighted by atomic mass is 9.96. The lowest BCUT2D eigenvalue weighted by Gasteiger charge is -2.09. The minimum Gasteiger partial charge on any atom is -0.315 e. The highest BCUT2D eigenvalue weighted by Gasteiger charge is 2.59. The molecule has 1 heterocycles. The van der Waals surface area contributed by atoms with E-state index in [0.717, 1.165) is 24.1 Å². The van der Waals surface area contributed by atoms with Gasteiger partial charge in [-0.15, -0.1) is 0 Å². The third kappa shape index (κ3) is 0.939. The van der Waals surface area contributed by atoms with Crippen molar-refractivity contribution >= 4 is 5.91 Å². The zero-order valence-electron chi connectivity index (χ0n) is 8.71. The number of hydrogen-bond acceptors (Lipinski definition) is 1. The number of rotatable bonds is 1. The Balaban J connectivity index is 2.52. The maximum Gasteiger partial charge on any atom is 0.237 e. The van der Waals surface area contributed by atoms with Crippen LogP contribution in [-0.2, 0) is 4.79 Å². The van der Waals surface area contributed by atoms with E-state index in [1.807, 2.05) is 26.1 Å². The zero-order chi connectivity index (χ0) is 10.3. The molecule has 2 fully saturated rings. The molecule has 0 N–H and O–H groups in total. The van der Waals surface area contributed by atoms with Crippen molar-refractivity contribution in [2.75, 3.05) is 7.05 Å². The van der Waals surface area contributed by atoms with Gasteiger partial charge in [0, 0.05) is 12.7 Å². The largest absolute Gasteiger partial charge is 0.315 e. The number of nitrogens with zero attached hydrogens (tertiary/aromatic N) is 1. The predicted octanol–water partition coefficient (Wildman–Crippen LogP) is 2.25. The molecule has 0 aromatic heterocycles. The van der Waals surface area contributed by atoms with Gasteiger partial charge in [0.25, 0.3) is 0 Å². The fourth-order valence-corrected chi connectivity index (χ4v) is 2.29. The van der Waals surface area contributed by atoms with Crippen molar-refractivity contribution in [3.05, 3.63) is 36.1 Å². The summed E-state index contributed by atoms with van der Waals surface area (Å²) in [6.07, 6.45) is 7.73. The maximum atomic E-state index is 12.0. The second-order valence-corrected chi connectivity index (χ2v) is 3.94. The fourth-order valence-electron chi connectivity index (χ4n) is 2.29. The van der Waals surface area contributed by atoms with Crippen molar-refractivity contribution in [1.82, 2.24) is 4.90 Å². The molecule has 1 saturated carbocycles. The first-order valence-electron chi connectivity index (χ1n) is 4.95. The average molecular weight is 189 g/mol. The summed E-state index contributed by atoms with van der Waals surface area (Å²) >= 11 is 0. The number of carbonyl (C=O) groups excluding carboxylic acids is 1. The molecule has 0 bridgehead atoms. The molecule has 14 heavy (non-hydrogen) atoms. The van der Waals surface area contributed by atoms with Crippen LogP contribution >= 0.6 is 0 Å². The monoisotopic (exact) mass is 189 g/mol. The summed E-state index contributed by atoms with van der Waals surface area (Å²) in [6.45, 7) is 5.67. The van der Waals surface area contributed by atoms with Crippen LogP contribution in [-0.4, -0.2) is 17.9 Å². The van der Waals surface area contributed by atoms with Gasteiger partial charge in [-0.05, 0) is 25.3 Å². The SMILES string of the molecule is C=C/C=C1\C(=C/C)N(C)C(=O)C12CC2. The zero-order valence-corrected chi connectivity index (χ0v) is 8.71. The van der Waals surface area contributed by atoms with Crippen molar-refractivity contribution in [3.63, 3.8) is 0 Å². The van der Waals surface area contributed by atoms with Gasteiger partial charge >= 0.3 is 0 Å². The Morgan fingerprint density at radius 1 is 1.50 bits per heavy atom. The summed E-state index contributed by atoms with van der Waals surface area (Å²) in [5.41, 5.74) is 2.03. The Hall–Kier alpha value is -1.31. The van der Waals surface area contributed by atoms with E-state index in [9.17, 15) is 4.79 Å². The number of carbonyl (C=O) groups is 1. The summed E-state index contributed by atoms with van der Waals surface area (Å²) in [5.74, 6) is 0.249. The Bertz CT molecular complexity index is 359. The van der Waals surface area contributed by atoms with Crippen LogP contribution in [0.5, 0.6) is 0 Å². The molecule has 1 aliphatic heterocycles. The first kappa shape index (κ1) is 9.25. The summed E-state index contributed by atoms with van der Waals surface area (Å²) < 4.78 is 0. The maximum absolute atomic E-state index is 12.0. The van der Waals surface area contributed by atoms with E-state index in [-0.39, 0.29) is 11.3 Å². The van der Waals surface area contributed by atoms with Gasteiger partial charge in [-0.25, -0.2) is 0 Å². The molecular formula is C12H15NO. The molecule has 0 atom stereocenters. The molecule has 0 aromatic carbocycles. The Morgan fingerprint density at radius 3 is 2.57 bits per heavy atom. The van der Waals surface area contributed by atoms with Gasteiger partial charge in [-0.2, -0.15) is 0 Å². The number of amides is 1. The smallest absolute Gasteiger partial charge is 0.237 e. The molecule has 0 aromatic rings. The van der Waals surface area contributed by atoms with E-state index in [1.54, 1.807) is 11.0 Å². The van der Waals surface area contributed by atoms with Crippen molar-refractivity contribution in [2.24, 2.45) is 5.41 Å². The Labute approximate surface area is 84.6 Å². The van der Waals surface area contributed by atoms with Crippen LogP contribution in [0.1, 0.15) is 19.8 Å². The quantitative estimate of drug-likeness (QED) is 0.619. The van der Waals surface area contributed by atoms with Gasteiger partial charge < -0.3 is 4.90 Å². The standard InChI is InChI=1S/C12H15NO/c1-4-6-9-10(5-2)13(3)11(14)12(9)7-8-12/h4-6H,1,7-8H2,2-3H3/b9-6+,10-5+. The molecule has 2 nitrogen and oxygen atoms in total. The van der Waals surface area contributed by atoms with Crippen LogP contribution in [0.25, 0.3) is 0 Å². The predicted molar refractivity (Wildman–Crippen MR) is 56.5 cm³/mol. The highest BCUT2D eigenvalue weighted by molar-refractivity contribution is 5.96. The minimum absolute atomic E-state index is 0.176. The van der Waals surface area contributed by atoms with E-state index < -0.39 is 0 Å². The van der Waals surface area contributed by atoms with E-state index >= 15 is 0 Å². The van der Waals surface area contributed by atoms with Crippen molar-refractivity contribution in [1.29, 1.82) is 0 Å². The molecule has 1 aliphatic carbocycles. The summed E-state index contributed by atoms with van der Waals surface area (Å²) in [7, 11) is 1.85. The van der Waals surface area contributed by atoms with Gasteiger partial charge in [0.05, 0.1) is 5.41 Å². The summed E-state index contributed by atoms with van der Waals surface area (Å²) in [4.78, 5) is 13.7. The van der Waals surface area contributed by atoms with Crippen molar-refractivity contribution in [2.45, 2.75) is 19.8 Å². The molecule has 0 unspecified atom stereocenters. The normalized spacial score (nSPS) is 29.3. The first-order chi connectivity index (χ1) is 6.67. The third-order valence-corrected chi connectivity index (χ3v) is 3.17. The van der Waals surface area contributed by atoms with Gasteiger partial charge in [-0.1, -0.05) is 24.8 Å². The van der Waals surface area contributed by atoms with Crippen LogP contribution in [0.3, 0.4) is 0 Å². The van der Waals surface area contributed by atoms with Crippen LogP contribution < -0.4 is 0 Å². The lowest BCUT2D eigenvalue weighted by molar-refractivity contribution is -0.129. The molecule has 1 amide bonds. The van der Waals surface area contributed by atoms with Gasteiger partial charge in [0.15, 0.2) is 0 Å². The number of likely N-dealkylation sites (N-methyl/N-ethyl adjacent to an activating group) is 1. The fraction of sp³-hybridized carbons (Fsp3) is 0.417. The van der Waals surface area contributed by atoms with Crippen molar-refractivity contribution < 1.29 is 4.79 Å². The van der Waals surface area contributed by atoms with Gasteiger partial charge in [0.1, 0.15) is 0 Å². The Morgan fingerprint density at radius 2 is 2.14 bits per heavy atom. The molecule has 1 saturated heterocycles. The molecule has 2 rings (SSSR count). The number of hydrogen-bond donors (Lipinski definition) is 0. The first-order valence-corrected chi connectivity index (χ1v) is 4.95. The number of allylic oxidation sites excluding steroid dienone is 4. The van der Waals surface area contributed by atoms with Crippen molar-refractivity contribution in [3.8, 4) is 0 Å². The molecule has 74 valence electrons. The Kier molecular flexibility index (Phi) is 1.88. The van der Waals surface area contributed by atoms with Crippen LogP contribution in [0.4, 0.5) is 0 Å². The topological polar surface area (TPSA) is 20.3 Å². The lowest BCUT2D eigenvalue weighted by Crippen LogP contribution is -2.22. The molecule has 1 spiro atoms. The van der Waals surface area contributed by atoms with Gasteiger partial charge in [0.2, 0.25) is 5.91 Å². The highest BCUT2D eigenvalue weighted by Crippen LogP contribution is 2.59. The van der Waals surface area contributed by atoms with E-state index in [4.69, 9.17) is 0 Å². The van der Waals surface area contributed by atoms with E-state index in [0.29, 0.717) is 0 Å². The second kappa shape index (κ2) is 2.84. The molecular weight excluding hydrogens is 174 g/mol. The van der Waals surface area contributed by atoms with Crippen LogP contribution in [0.15, 0.2) is 36.1 Å². The van der Waals surface area contributed by atoms with Crippen LogP contribution in [0, 0.1) is 5.41 Å². The van der Waals surface area contributed by atoms with Gasteiger partial charge in [-0.3, -0.25) is 4.79 Å². The average Bonchev–Trinajstić information content (AvgIpc) is 2.93. The van der Waals surface area contributed by atoms with Crippen LogP contribution in [0.2, 0.25) is 0 Å². The highest BCUT2D eigenvalue weighted by atomic mass is 16.2. The van der Waals surface area contributed by atoms with E-state index in [2.05, 4.69) is 6.58 Å².